The van der Waals surface area contributed by atoms with Gasteiger partial charge in [-0.3, -0.25) is 0 Å². The second kappa shape index (κ2) is 6.10. The van der Waals surface area contributed by atoms with E-state index in [-0.39, 0.29) is 6.04 Å². The van der Waals surface area contributed by atoms with E-state index < -0.39 is 0 Å². The van der Waals surface area contributed by atoms with Gasteiger partial charge in [0.2, 0.25) is 0 Å². The minimum Gasteiger partial charge on any atom is -0.377 e. The van der Waals surface area contributed by atoms with E-state index in [4.69, 9.17) is 0 Å². The molecule has 0 fully saturated rings. The number of benzene rings is 1. The van der Waals surface area contributed by atoms with Gasteiger partial charge in [-0.15, -0.1) is 0 Å². The van der Waals surface area contributed by atoms with Gasteiger partial charge in [0.1, 0.15) is 0 Å². The maximum atomic E-state index is 4.41. The highest BCUT2D eigenvalue weighted by Gasteiger charge is 2.06. The van der Waals surface area contributed by atoms with Gasteiger partial charge < -0.3 is 5.32 Å². The highest BCUT2D eigenvalue weighted by Crippen LogP contribution is 2.21. The first-order valence-corrected chi connectivity index (χ1v) is 7.50. The summed E-state index contributed by atoms with van der Waals surface area (Å²) in [5.41, 5.74) is 2.22. The molecule has 21 heavy (non-hydrogen) atoms. The van der Waals surface area contributed by atoms with Crippen LogP contribution in [0.5, 0.6) is 0 Å². The van der Waals surface area contributed by atoms with Gasteiger partial charge in [-0.1, -0.05) is 28.1 Å². The first kappa shape index (κ1) is 13.8. The third kappa shape index (κ3) is 3.31. The molecule has 0 amide bonds. The van der Waals surface area contributed by atoms with Gasteiger partial charge in [0, 0.05) is 22.9 Å². The van der Waals surface area contributed by atoms with Gasteiger partial charge in [-0.2, -0.15) is 5.10 Å². The molecule has 1 aromatic carbocycles. The molecule has 3 aromatic rings. The van der Waals surface area contributed by atoms with Gasteiger partial charge in [-0.25, -0.2) is 9.67 Å². The summed E-state index contributed by atoms with van der Waals surface area (Å²) in [5.74, 6) is 0.807. The van der Waals surface area contributed by atoms with E-state index in [0.29, 0.717) is 0 Å². The Labute approximate surface area is 132 Å². The lowest BCUT2D eigenvalue weighted by atomic mass is 10.1. The lowest BCUT2D eigenvalue weighted by Crippen LogP contribution is -2.07. The fourth-order valence-electron chi connectivity index (χ4n) is 2.10. The Balaban J connectivity index is 1.71. The Morgan fingerprint density at radius 2 is 1.95 bits per heavy atom. The molecule has 0 bridgehead atoms. The molecule has 1 atom stereocenters. The Bertz CT molecular complexity index is 690. The molecule has 5 heteroatoms. The fraction of sp³-hybridized carbons (Fsp3) is 0.125. The molecule has 0 saturated heterocycles. The van der Waals surface area contributed by atoms with Crippen molar-refractivity contribution < 1.29 is 0 Å². The molecule has 0 aliphatic carbocycles. The third-order valence-corrected chi connectivity index (χ3v) is 3.77. The van der Waals surface area contributed by atoms with Gasteiger partial charge in [0.15, 0.2) is 5.82 Å². The van der Waals surface area contributed by atoms with Crippen LogP contribution < -0.4 is 5.32 Å². The number of nitrogens with one attached hydrogen (secondary N) is 1. The predicted molar refractivity (Wildman–Crippen MR) is 87.5 cm³/mol. The zero-order valence-electron chi connectivity index (χ0n) is 11.6. The monoisotopic (exact) mass is 342 g/mol. The molecule has 2 heterocycles. The first-order chi connectivity index (χ1) is 10.2. The number of anilines is 1. The van der Waals surface area contributed by atoms with E-state index >= 15 is 0 Å². The summed E-state index contributed by atoms with van der Waals surface area (Å²) >= 11 is 3.45. The zero-order valence-corrected chi connectivity index (χ0v) is 13.2. The number of hydrogen-bond donors (Lipinski definition) is 1. The molecule has 0 aliphatic rings. The van der Waals surface area contributed by atoms with Crippen molar-refractivity contribution >= 4 is 21.6 Å². The average Bonchev–Trinajstić information content (AvgIpc) is 3.03. The van der Waals surface area contributed by atoms with Crippen LogP contribution in [0.25, 0.3) is 5.82 Å². The van der Waals surface area contributed by atoms with Crippen LogP contribution in [-0.4, -0.2) is 14.8 Å². The van der Waals surface area contributed by atoms with Gasteiger partial charge >= 0.3 is 0 Å². The summed E-state index contributed by atoms with van der Waals surface area (Å²) in [6.45, 7) is 2.13. The van der Waals surface area contributed by atoms with Gasteiger partial charge in [-0.05, 0) is 42.8 Å². The van der Waals surface area contributed by atoms with Crippen molar-refractivity contribution in [2.75, 3.05) is 5.32 Å². The fourth-order valence-corrected chi connectivity index (χ4v) is 2.36. The Hall–Kier alpha value is -2.14. The first-order valence-electron chi connectivity index (χ1n) is 6.70. The molecule has 0 spiro atoms. The number of halogens is 1. The summed E-state index contributed by atoms with van der Waals surface area (Å²) in [4.78, 5) is 4.41. The molecule has 1 N–H and O–H groups in total. The molecule has 0 radical (unpaired) electrons. The van der Waals surface area contributed by atoms with Crippen LogP contribution in [0, 0.1) is 0 Å². The van der Waals surface area contributed by atoms with Crippen molar-refractivity contribution in [3.05, 3.63) is 71.1 Å². The van der Waals surface area contributed by atoms with Crippen molar-refractivity contribution in [3.63, 3.8) is 0 Å². The lowest BCUT2D eigenvalue weighted by Gasteiger charge is -2.15. The van der Waals surface area contributed by atoms with Crippen molar-refractivity contribution in [2.45, 2.75) is 13.0 Å². The normalized spacial score (nSPS) is 12.1. The largest absolute Gasteiger partial charge is 0.377 e. The second-order valence-corrected chi connectivity index (χ2v) is 5.69. The summed E-state index contributed by atoms with van der Waals surface area (Å²) in [6.07, 6.45) is 5.44. The third-order valence-electron chi connectivity index (χ3n) is 3.24. The highest BCUT2D eigenvalue weighted by molar-refractivity contribution is 9.10. The molecule has 0 saturated carbocycles. The maximum absolute atomic E-state index is 4.41. The van der Waals surface area contributed by atoms with Gasteiger partial charge in [0.25, 0.3) is 0 Å². The van der Waals surface area contributed by atoms with E-state index in [1.807, 2.05) is 42.7 Å². The highest BCUT2D eigenvalue weighted by atomic mass is 79.9. The molecule has 2 aromatic heterocycles. The van der Waals surface area contributed by atoms with Crippen LogP contribution in [0.4, 0.5) is 5.69 Å². The van der Waals surface area contributed by atoms with Crippen molar-refractivity contribution in [2.24, 2.45) is 0 Å². The summed E-state index contributed by atoms with van der Waals surface area (Å²) in [7, 11) is 0. The maximum Gasteiger partial charge on any atom is 0.153 e. The summed E-state index contributed by atoms with van der Waals surface area (Å²) in [5, 5.41) is 7.60. The van der Waals surface area contributed by atoms with Crippen LogP contribution in [0.3, 0.4) is 0 Å². The smallest absolute Gasteiger partial charge is 0.153 e. The van der Waals surface area contributed by atoms with Gasteiger partial charge in [0.05, 0.1) is 11.9 Å². The summed E-state index contributed by atoms with van der Waals surface area (Å²) in [6, 6.07) is 14.4. The van der Waals surface area contributed by atoms with Crippen LogP contribution in [0.1, 0.15) is 18.5 Å². The van der Waals surface area contributed by atoms with Crippen LogP contribution in [0.2, 0.25) is 0 Å². The van der Waals surface area contributed by atoms with E-state index in [2.05, 4.69) is 50.4 Å². The Morgan fingerprint density at radius 3 is 2.57 bits per heavy atom. The molecule has 3 rings (SSSR count). The standard InChI is InChI=1S/C16H15BrN4/c1-12(13-3-5-14(17)6-4-13)20-15-7-8-16(18-11-15)21-10-2-9-19-21/h2-12,20H,1H3. The van der Waals surface area contributed by atoms with Crippen molar-refractivity contribution in [3.8, 4) is 5.82 Å². The van der Waals surface area contributed by atoms with Crippen molar-refractivity contribution in [1.29, 1.82) is 0 Å². The average molecular weight is 343 g/mol. The number of rotatable bonds is 4. The Morgan fingerprint density at radius 1 is 1.14 bits per heavy atom. The number of pyridine rings is 1. The van der Waals surface area contributed by atoms with Crippen LogP contribution >= 0.6 is 15.9 Å². The number of nitrogens with zero attached hydrogens (tertiary/aromatic N) is 3. The molecule has 1 unspecified atom stereocenters. The minimum absolute atomic E-state index is 0.218. The predicted octanol–water partition coefficient (Wildman–Crippen LogP) is 4.20. The van der Waals surface area contributed by atoms with Crippen LogP contribution in [-0.2, 0) is 0 Å². The molecule has 106 valence electrons. The number of hydrogen-bond acceptors (Lipinski definition) is 3. The second-order valence-electron chi connectivity index (χ2n) is 4.77. The van der Waals surface area contributed by atoms with E-state index in [1.54, 1.807) is 10.9 Å². The SMILES string of the molecule is CC(Nc1ccc(-n2cccn2)nc1)c1ccc(Br)cc1. The topological polar surface area (TPSA) is 42.7 Å². The quantitative estimate of drug-likeness (QED) is 0.772. The van der Waals surface area contributed by atoms with E-state index in [1.165, 1.54) is 5.56 Å². The van der Waals surface area contributed by atoms with E-state index in [9.17, 15) is 0 Å². The zero-order chi connectivity index (χ0) is 14.7. The van der Waals surface area contributed by atoms with E-state index in [0.717, 1.165) is 16.0 Å². The van der Waals surface area contributed by atoms with Crippen molar-refractivity contribution in [1.82, 2.24) is 14.8 Å². The Kier molecular flexibility index (Phi) is 4.01. The minimum atomic E-state index is 0.218. The molecule has 0 aliphatic heterocycles. The lowest BCUT2D eigenvalue weighted by molar-refractivity contribution is 0.842. The molecular weight excluding hydrogens is 328 g/mol. The van der Waals surface area contributed by atoms with Crippen LogP contribution in [0.15, 0.2) is 65.5 Å². The molecule has 4 nitrogen and oxygen atoms in total. The summed E-state index contributed by atoms with van der Waals surface area (Å²) < 4.78 is 2.82. The number of aromatic nitrogens is 3. The molecular formula is C16H15BrN4.